The van der Waals surface area contributed by atoms with Gasteiger partial charge in [-0.2, -0.15) is 0 Å². The molecule has 0 radical (unpaired) electrons. The van der Waals surface area contributed by atoms with Crippen molar-refractivity contribution in [2.75, 3.05) is 29.9 Å². The number of carbonyl (C=O) groups is 1. The van der Waals surface area contributed by atoms with Crippen molar-refractivity contribution in [2.24, 2.45) is 0 Å². The van der Waals surface area contributed by atoms with E-state index in [1.807, 2.05) is 42.5 Å². The predicted octanol–water partition coefficient (Wildman–Crippen LogP) is 3.66. The molecule has 2 unspecified atom stereocenters. The standard InChI is InChI=1S/C21H27N3O2/c1-16-14-24(15-17(2)26-16)20-11-7-6-10-19(20)23-21(25)22-13-12-18-8-4-3-5-9-18/h3-11,16-17H,12-15H2,1-2H3,(H2,22,23,25). The highest BCUT2D eigenvalue weighted by Gasteiger charge is 2.24. The topological polar surface area (TPSA) is 53.6 Å². The Bertz CT molecular complexity index is 710. The Balaban J connectivity index is 1.58. The van der Waals surface area contributed by atoms with Crippen LogP contribution in [0.4, 0.5) is 16.2 Å². The lowest BCUT2D eigenvalue weighted by Gasteiger charge is -2.37. The summed E-state index contributed by atoms with van der Waals surface area (Å²) in [6.45, 7) is 6.39. The monoisotopic (exact) mass is 353 g/mol. The SMILES string of the molecule is CC1CN(c2ccccc2NC(=O)NCCc2ccccc2)CC(C)O1. The average Bonchev–Trinajstić information content (AvgIpc) is 2.62. The van der Waals surface area contributed by atoms with Gasteiger partial charge in [0, 0.05) is 19.6 Å². The first-order valence-electron chi connectivity index (χ1n) is 9.20. The Hall–Kier alpha value is -2.53. The first-order valence-corrected chi connectivity index (χ1v) is 9.20. The zero-order valence-corrected chi connectivity index (χ0v) is 15.4. The lowest BCUT2D eigenvalue weighted by atomic mass is 10.1. The van der Waals surface area contributed by atoms with E-state index in [0.717, 1.165) is 30.9 Å². The van der Waals surface area contributed by atoms with Crippen molar-refractivity contribution < 1.29 is 9.53 Å². The molecule has 1 aliphatic heterocycles. The van der Waals surface area contributed by atoms with Gasteiger partial charge in [-0.05, 0) is 38.0 Å². The zero-order valence-electron chi connectivity index (χ0n) is 15.4. The summed E-state index contributed by atoms with van der Waals surface area (Å²) in [5.74, 6) is 0. The molecule has 5 nitrogen and oxygen atoms in total. The molecule has 138 valence electrons. The average molecular weight is 353 g/mol. The van der Waals surface area contributed by atoms with Gasteiger partial charge < -0.3 is 20.3 Å². The highest BCUT2D eigenvalue weighted by atomic mass is 16.5. The van der Waals surface area contributed by atoms with Crippen molar-refractivity contribution in [3.63, 3.8) is 0 Å². The van der Waals surface area contributed by atoms with Crippen molar-refractivity contribution in [1.82, 2.24) is 5.32 Å². The highest BCUT2D eigenvalue weighted by Crippen LogP contribution is 2.28. The van der Waals surface area contributed by atoms with Gasteiger partial charge in [0.05, 0.1) is 23.6 Å². The Morgan fingerprint density at radius 1 is 1.04 bits per heavy atom. The van der Waals surface area contributed by atoms with Crippen LogP contribution in [0.25, 0.3) is 0 Å². The molecule has 0 spiro atoms. The first kappa shape index (κ1) is 18.3. The number of anilines is 2. The molecule has 0 saturated carbocycles. The number of ether oxygens (including phenoxy) is 1. The normalized spacial score (nSPS) is 19.8. The Labute approximate surface area is 155 Å². The fourth-order valence-corrected chi connectivity index (χ4v) is 3.36. The molecule has 3 rings (SSSR count). The van der Waals surface area contributed by atoms with Crippen LogP contribution in [-0.2, 0) is 11.2 Å². The van der Waals surface area contributed by atoms with Crippen LogP contribution in [0.5, 0.6) is 0 Å². The molecule has 2 N–H and O–H groups in total. The maximum Gasteiger partial charge on any atom is 0.319 e. The smallest absolute Gasteiger partial charge is 0.319 e. The summed E-state index contributed by atoms with van der Waals surface area (Å²) in [6.07, 6.45) is 1.16. The minimum atomic E-state index is -0.178. The molecule has 2 aromatic rings. The number of nitrogens with zero attached hydrogens (tertiary/aromatic N) is 1. The van der Waals surface area contributed by atoms with Crippen molar-refractivity contribution in [3.8, 4) is 0 Å². The number of morpholine rings is 1. The zero-order chi connectivity index (χ0) is 18.4. The molecule has 1 fully saturated rings. The van der Waals surface area contributed by atoms with Gasteiger partial charge in [-0.1, -0.05) is 42.5 Å². The third kappa shape index (κ3) is 4.99. The second kappa shape index (κ2) is 8.72. The van der Waals surface area contributed by atoms with Crippen molar-refractivity contribution >= 4 is 17.4 Å². The molecule has 1 heterocycles. The number of carbonyl (C=O) groups excluding carboxylic acids is 1. The Morgan fingerprint density at radius 3 is 2.42 bits per heavy atom. The van der Waals surface area contributed by atoms with E-state index in [1.165, 1.54) is 5.56 Å². The molecule has 0 aliphatic carbocycles. The quantitative estimate of drug-likeness (QED) is 0.862. The van der Waals surface area contributed by atoms with E-state index in [0.29, 0.717) is 6.54 Å². The summed E-state index contributed by atoms with van der Waals surface area (Å²) in [5.41, 5.74) is 3.07. The first-order chi connectivity index (χ1) is 12.6. The molecular weight excluding hydrogens is 326 g/mol. The van der Waals surface area contributed by atoms with Gasteiger partial charge >= 0.3 is 6.03 Å². The van der Waals surface area contributed by atoms with Crippen LogP contribution < -0.4 is 15.5 Å². The van der Waals surface area contributed by atoms with Crippen molar-refractivity contribution in [1.29, 1.82) is 0 Å². The molecule has 5 heteroatoms. The minimum absolute atomic E-state index is 0.173. The van der Waals surface area contributed by atoms with Gasteiger partial charge in [-0.15, -0.1) is 0 Å². The summed E-state index contributed by atoms with van der Waals surface area (Å²) >= 11 is 0. The molecule has 0 bridgehead atoms. The summed E-state index contributed by atoms with van der Waals surface area (Å²) in [6, 6.07) is 17.9. The third-order valence-corrected chi connectivity index (χ3v) is 4.45. The molecule has 1 saturated heterocycles. The predicted molar refractivity (Wildman–Crippen MR) is 106 cm³/mol. The number of rotatable bonds is 5. The van der Waals surface area contributed by atoms with Crippen LogP contribution in [0.15, 0.2) is 54.6 Å². The van der Waals surface area contributed by atoms with Crippen LogP contribution in [0, 0.1) is 0 Å². The largest absolute Gasteiger partial charge is 0.372 e. The molecule has 2 amide bonds. The van der Waals surface area contributed by atoms with Gasteiger partial charge in [0.1, 0.15) is 0 Å². The number of para-hydroxylation sites is 2. The number of nitrogens with one attached hydrogen (secondary N) is 2. The van der Waals surface area contributed by atoms with Gasteiger partial charge in [0.25, 0.3) is 0 Å². The fraction of sp³-hybridized carbons (Fsp3) is 0.381. The van der Waals surface area contributed by atoms with Gasteiger partial charge in [0.15, 0.2) is 0 Å². The van der Waals surface area contributed by atoms with Gasteiger partial charge in [0.2, 0.25) is 0 Å². The summed E-state index contributed by atoms with van der Waals surface area (Å²) in [5, 5.41) is 5.93. The van der Waals surface area contributed by atoms with Crippen molar-refractivity contribution in [2.45, 2.75) is 32.5 Å². The maximum atomic E-state index is 12.3. The van der Waals surface area contributed by atoms with E-state index in [1.54, 1.807) is 0 Å². The summed E-state index contributed by atoms with van der Waals surface area (Å²) < 4.78 is 5.81. The van der Waals surface area contributed by atoms with E-state index < -0.39 is 0 Å². The maximum absolute atomic E-state index is 12.3. The van der Waals surface area contributed by atoms with E-state index in [-0.39, 0.29) is 18.2 Å². The van der Waals surface area contributed by atoms with Crippen LogP contribution in [-0.4, -0.2) is 37.9 Å². The summed E-state index contributed by atoms with van der Waals surface area (Å²) in [7, 11) is 0. The molecule has 2 aromatic carbocycles. The van der Waals surface area contributed by atoms with E-state index in [2.05, 4.69) is 41.5 Å². The van der Waals surface area contributed by atoms with Crippen molar-refractivity contribution in [3.05, 3.63) is 60.2 Å². The molecule has 1 aliphatic rings. The lowest BCUT2D eigenvalue weighted by molar-refractivity contribution is -0.00517. The van der Waals surface area contributed by atoms with Gasteiger partial charge in [-0.25, -0.2) is 4.79 Å². The molecule has 26 heavy (non-hydrogen) atoms. The lowest BCUT2D eigenvalue weighted by Crippen LogP contribution is -2.45. The molecule has 2 atom stereocenters. The van der Waals surface area contributed by atoms with E-state index in [4.69, 9.17) is 4.74 Å². The fourth-order valence-electron chi connectivity index (χ4n) is 3.36. The van der Waals surface area contributed by atoms with E-state index >= 15 is 0 Å². The summed E-state index contributed by atoms with van der Waals surface area (Å²) in [4.78, 5) is 14.6. The van der Waals surface area contributed by atoms with E-state index in [9.17, 15) is 4.79 Å². The van der Waals surface area contributed by atoms with Crippen LogP contribution >= 0.6 is 0 Å². The van der Waals surface area contributed by atoms with Crippen LogP contribution in [0.2, 0.25) is 0 Å². The third-order valence-electron chi connectivity index (χ3n) is 4.45. The number of hydrogen-bond acceptors (Lipinski definition) is 3. The Morgan fingerprint density at radius 2 is 1.69 bits per heavy atom. The number of amides is 2. The number of benzene rings is 2. The number of urea groups is 1. The highest BCUT2D eigenvalue weighted by molar-refractivity contribution is 5.93. The minimum Gasteiger partial charge on any atom is -0.372 e. The molecular formula is C21H27N3O2. The second-order valence-electron chi connectivity index (χ2n) is 6.80. The van der Waals surface area contributed by atoms with Crippen LogP contribution in [0.3, 0.4) is 0 Å². The Kier molecular flexibility index (Phi) is 6.12. The molecule has 0 aromatic heterocycles. The second-order valence-corrected chi connectivity index (χ2v) is 6.80. The number of hydrogen-bond donors (Lipinski definition) is 2. The van der Waals surface area contributed by atoms with Gasteiger partial charge in [-0.3, -0.25) is 0 Å². The van der Waals surface area contributed by atoms with Crippen LogP contribution in [0.1, 0.15) is 19.4 Å².